The molecule has 2 unspecified atom stereocenters. The number of rotatable bonds is 4. The van der Waals surface area contributed by atoms with Crippen molar-refractivity contribution >= 4 is 5.69 Å². The second kappa shape index (κ2) is 6.55. The SMILES string of the molecule is CC(C)NCc1ccc(N2CCC(O)C(C)C2)c(F)c1. The molecule has 4 heteroatoms. The number of aliphatic hydroxyl groups excluding tert-OH is 1. The first kappa shape index (κ1) is 15.3. The number of halogens is 1. The van der Waals surface area contributed by atoms with Gasteiger partial charge in [0.25, 0.3) is 0 Å². The predicted octanol–water partition coefficient (Wildman–Crippen LogP) is 2.53. The first-order valence-corrected chi connectivity index (χ1v) is 7.42. The van der Waals surface area contributed by atoms with E-state index >= 15 is 0 Å². The van der Waals surface area contributed by atoms with Gasteiger partial charge in [0.1, 0.15) is 5.82 Å². The summed E-state index contributed by atoms with van der Waals surface area (Å²) >= 11 is 0. The normalized spacial score (nSPS) is 23.4. The zero-order valence-corrected chi connectivity index (χ0v) is 12.6. The Bertz CT molecular complexity index is 450. The summed E-state index contributed by atoms with van der Waals surface area (Å²) in [5.74, 6) is 0.0158. The Morgan fingerprint density at radius 3 is 2.80 bits per heavy atom. The number of piperidine rings is 1. The van der Waals surface area contributed by atoms with Crippen LogP contribution in [-0.2, 0) is 6.54 Å². The smallest absolute Gasteiger partial charge is 0.146 e. The molecule has 2 atom stereocenters. The Morgan fingerprint density at radius 1 is 1.45 bits per heavy atom. The van der Waals surface area contributed by atoms with Crippen LogP contribution >= 0.6 is 0 Å². The van der Waals surface area contributed by atoms with Gasteiger partial charge in [0, 0.05) is 25.7 Å². The summed E-state index contributed by atoms with van der Waals surface area (Å²) in [6, 6.07) is 5.84. The number of nitrogens with one attached hydrogen (secondary N) is 1. The largest absolute Gasteiger partial charge is 0.393 e. The molecule has 2 rings (SSSR count). The molecule has 2 N–H and O–H groups in total. The zero-order chi connectivity index (χ0) is 14.7. The quantitative estimate of drug-likeness (QED) is 0.889. The maximum atomic E-state index is 14.3. The highest BCUT2D eigenvalue weighted by Gasteiger charge is 2.25. The lowest BCUT2D eigenvalue weighted by Gasteiger charge is -2.36. The van der Waals surface area contributed by atoms with E-state index in [2.05, 4.69) is 19.2 Å². The maximum Gasteiger partial charge on any atom is 0.146 e. The number of aliphatic hydroxyl groups is 1. The van der Waals surface area contributed by atoms with E-state index in [1.54, 1.807) is 6.07 Å². The summed E-state index contributed by atoms with van der Waals surface area (Å²) in [6.45, 7) is 8.27. The molecule has 112 valence electrons. The molecule has 1 aromatic rings. The van der Waals surface area contributed by atoms with Crippen LogP contribution in [0.1, 0.15) is 32.8 Å². The number of anilines is 1. The van der Waals surface area contributed by atoms with Crippen molar-refractivity contribution in [3.8, 4) is 0 Å². The molecule has 0 amide bonds. The standard InChI is InChI=1S/C16H25FN2O/c1-11(2)18-9-13-4-5-15(14(17)8-13)19-7-6-16(20)12(3)10-19/h4-5,8,11-12,16,18,20H,6-7,9-10H2,1-3H3. The highest BCUT2D eigenvalue weighted by Crippen LogP contribution is 2.26. The number of nitrogens with zero attached hydrogens (tertiary/aromatic N) is 1. The molecule has 1 aliphatic heterocycles. The lowest BCUT2D eigenvalue weighted by molar-refractivity contribution is 0.0969. The van der Waals surface area contributed by atoms with Gasteiger partial charge in [-0.05, 0) is 30.0 Å². The van der Waals surface area contributed by atoms with E-state index in [4.69, 9.17) is 0 Å². The summed E-state index contributed by atoms with van der Waals surface area (Å²) in [5.41, 5.74) is 1.61. The Balaban J connectivity index is 2.06. The van der Waals surface area contributed by atoms with Crippen molar-refractivity contribution in [3.63, 3.8) is 0 Å². The van der Waals surface area contributed by atoms with E-state index < -0.39 is 0 Å². The van der Waals surface area contributed by atoms with Crippen LogP contribution in [-0.4, -0.2) is 30.3 Å². The van der Waals surface area contributed by atoms with Crippen LogP contribution in [0.25, 0.3) is 0 Å². The van der Waals surface area contributed by atoms with E-state index in [-0.39, 0.29) is 17.8 Å². The summed E-state index contributed by atoms with van der Waals surface area (Å²) in [5, 5.41) is 13.0. The molecule has 0 radical (unpaired) electrons. The Hall–Kier alpha value is -1.13. The number of hydrogen-bond donors (Lipinski definition) is 2. The van der Waals surface area contributed by atoms with Crippen molar-refractivity contribution in [2.45, 2.75) is 45.9 Å². The van der Waals surface area contributed by atoms with Crippen molar-refractivity contribution in [2.75, 3.05) is 18.0 Å². The minimum Gasteiger partial charge on any atom is -0.393 e. The molecule has 1 fully saturated rings. The number of benzene rings is 1. The summed E-state index contributed by atoms with van der Waals surface area (Å²) in [7, 11) is 0. The molecule has 3 nitrogen and oxygen atoms in total. The predicted molar refractivity (Wildman–Crippen MR) is 80.4 cm³/mol. The lowest BCUT2D eigenvalue weighted by atomic mass is 9.96. The van der Waals surface area contributed by atoms with E-state index in [1.165, 1.54) is 0 Å². The van der Waals surface area contributed by atoms with E-state index in [9.17, 15) is 9.50 Å². The van der Waals surface area contributed by atoms with Crippen LogP contribution in [0.3, 0.4) is 0 Å². The van der Waals surface area contributed by atoms with Gasteiger partial charge in [-0.1, -0.05) is 26.8 Å². The molecule has 1 heterocycles. The van der Waals surface area contributed by atoms with Gasteiger partial charge in [-0.2, -0.15) is 0 Å². The molecular formula is C16H25FN2O. The summed E-state index contributed by atoms with van der Waals surface area (Å²) in [6.07, 6.45) is 0.445. The fourth-order valence-electron chi connectivity index (χ4n) is 2.59. The Morgan fingerprint density at radius 2 is 2.20 bits per heavy atom. The van der Waals surface area contributed by atoms with Crippen molar-refractivity contribution in [3.05, 3.63) is 29.6 Å². The molecule has 20 heavy (non-hydrogen) atoms. The van der Waals surface area contributed by atoms with Crippen molar-refractivity contribution in [1.82, 2.24) is 5.32 Å². The molecule has 0 aromatic heterocycles. The monoisotopic (exact) mass is 280 g/mol. The minimum atomic E-state index is -0.260. The first-order valence-electron chi connectivity index (χ1n) is 7.42. The Kier molecular flexibility index (Phi) is 5.00. The van der Waals surface area contributed by atoms with Crippen molar-refractivity contribution < 1.29 is 9.50 Å². The molecule has 1 aliphatic rings. The molecule has 1 saturated heterocycles. The van der Waals surface area contributed by atoms with Crippen LogP contribution in [0.5, 0.6) is 0 Å². The molecule has 0 saturated carbocycles. The second-order valence-electron chi connectivity index (χ2n) is 6.10. The highest BCUT2D eigenvalue weighted by molar-refractivity contribution is 5.49. The lowest BCUT2D eigenvalue weighted by Crippen LogP contribution is -2.42. The van der Waals surface area contributed by atoms with Crippen LogP contribution in [0.4, 0.5) is 10.1 Å². The van der Waals surface area contributed by atoms with Gasteiger partial charge in [0.2, 0.25) is 0 Å². The van der Waals surface area contributed by atoms with Crippen molar-refractivity contribution in [1.29, 1.82) is 0 Å². The molecule has 1 aromatic carbocycles. The van der Waals surface area contributed by atoms with Gasteiger partial charge in [0.15, 0.2) is 0 Å². The fourth-order valence-corrected chi connectivity index (χ4v) is 2.59. The third-order valence-corrected chi connectivity index (χ3v) is 3.93. The molecule has 0 spiro atoms. The van der Waals surface area contributed by atoms with Crippen LogP contribution in [0, 0.1) is 11.7 Å². The molecule has 0 bridgehead atoms. The fraction of sp³-hybridized carbons (Fsp3) is 0.625. The molecular weight excluding hydrogens is 255 g/mol. The highest BCUT2D eigenvalue weighted by atomic mass is 19.1. The average molecular weight is 280 g/mol. The zero-order valence-electron chi connectivity index (χ0n) is 12.6. The van der Waals surface area contributed by atoms with Gasteiger partial charge in [-0.25, -0.2) is 4.39 Å². The van der Waals surface area contributed by atoms with Crippen LogP contribution in [0.15, 0.2) is 18.2 Å². The van der Waals surface area contributed by atoms with Crippen molar-refractivity contribution in [2.24, 2.45) is 5.92 Å². The average Bonchev–Trinajstić information content (AvgIpc) is 2.40. The van der Waals surface area contributed by atoms with Gasteiger partial charge >= 0.3 is 0 Å². The third-order valence-electron chi connectivity index (χ3n) is 3.93. The maximum absolute atomic E-state index is 14.3. The number of hydrogen-bond acceptors (Lipinski definition) is 3. The van der Waals surface area contributed by atoms with Gasteiger partial charge in [-0.3, -0.25) is 0 Å². The van der Waals surface area contributed by atoms with Gasteiger partial charge in [-0.15, -0.1) is 0 Å². The minimum absolute atomic E-state index is 0.170. The van der Waals surface area contributed by atoms with E-state index in [0.717, 1.165) is 5.56 Å². The third kappa shape index (κ3) is 3.70. The summed E-state index contributed by atoms with van der Waals surface area (Å²) in [4.78, 5) is 2.03. The summed E-state index contributed by atoms with van der Waals surface area (Å²) < 4.78 is 14.3. The van der Waals surface area contributed by atoms with Crippen LogP contribution in [0.2, 0.25) is 0 Å². The first-order chi connectivity index (χ1) is 9.47. The second-order valence-corrected chi connectivity index (χ2v) is 6.10. The van der Waals surface area contributed by atoms with Gasteiger partial charge in [0.05, 0.1) is 11.8 Å². The Labute approximate surface area is 120 Å². The van der Waals surface area contributed by atoms with E-state index in [0.29, 0.717) is 37.8 Å². The van der Waals surface area contributed by atoms with E-state index in [1.807, 2.05) is 24.0 Å². The van der Waals surface area contributed by atoms with Gasteiger partial charge < -0.3 is 15.3 Å². The molecule has 0 aliphatic carbocycles. The van der Waals surface area contributed by atoms with Crippen LogP contribution < -0.4 is 10.2 Å². The topological polar surface area (TPSA) is 35.5 Å².